The lowest BCUT2D eigenvalue weighted by Crippen LogP contribution is -2.62. The van der Waals surface area contributed by atoms with Crippen molar-refractivity contribution in [2.75, 3.05) is 14.7 Å². The summed E-state index contributed by atoms with van der Waals surface area (Å²) in [6.45, 7) is 47.3. The third-order valence-electron chi connectivity index (χ3n) is 18.1. The van der Waals surface area contributed by atoms with Crippen molar-refractivity contribution in [1.82, 2.24) is 4.98 Å². The number of fused-ring (bicyclic) bond motifs is 6. The molecule has 4 nitrogen and oxygen atoms in total. The molecule has 1 aromatic heterocycles. The summed E-state index contributed by atoms with van der Waals surface area (Å²) < 4.78 is 0. The fourth-order valence-electron chi connectivity index (χ4n) is 14.3. The number of aromatic nitrogens is 1. The van der Waals surface area contributed by atoms with Gasteiger partial charge in [0.05, 0.1) is 0 Å². The van der Waals surface area contributed by atoms with Gasteiger partial charge in [-0.1, -0.05) is 199 Å². The van der Waals surface area contributed by atoms with Crippen LogP contribution in [-0.4, -0.2) is 11.7 Å². The molecule has 0 atom stereocenters. The van der Waals surface area contributed by atoms with Gasteiger partial charge >= 0.3 is 0 Å². The van der Waals surface area contributed by atoms with Crippen LogP contribution in [0, 0.1) is 0 Å². The smallest absolute Gasteiger partial charge is 0.254 e. The van der Waals surface area contributed by atoms with E-state index in [2.05, 4.69) is 281 Å². The monoisotopic (exact) mass is 1000 g/mol. The van der Waals surface area contributed by atoms with Crippen LogP contribution in [0.25, 0.3) is 0 Å². The van der Waals surface area contributed by atoms with Crippen molar-refractivity contribution >= 4 is 74.5 Å². The highest BCUT2D eigenvalue weighted by molar-refractivity contribution is 7.00. The van der Waals surface area contributed by atoms with Gasteiger partial charge in [0, 0.05) is 45.9 Å². The van der Waals surface area contributed by atoms with Crippen LogP contribution >= 0.6 is 0 Å². The molecule has 0 N–H and O–H groups in total. The van der Waals surface area contributed by atoms with E-state index in [0.29, 0.717) is 0 Å². The van der Waals surface area contributed by atoms with Gasteiger partial charge in [-0.25, -0.2) is 4.98 Å². The van der Waals surface area contributed by atoms with Gasteiger partial charge in [-0.05, 0) is 178 Å². The van der Waals surface area contributed by atoms with Gasteiger partial charge in [0.15, 0.2) is 0 Å². The van der Waals surface area contributed by atoms with E-state index >= 15 is 0 Å². The minimum Gasteiger partial charge on any atom is -0.311 e. The molecule has 0 fully saturated rings. The second-order valence-electron chi connectivity index (χ2n) is 30.2. The first-order valence-electron chi connectivity index (χ1n) is 28.4. The Balaban J connectivity index is 1.28. The lowest BCUT2D eigenvalue weighted by molar-refractivity contribution is 0.403. The number of benzene rings is 6. The van der Waals surface area contributed by atoms with E-state index in [-0.39, 0.29) is 50.0 Å². The predicted octanol–water partition coefficient (Wildman–Crippen LogP) is 17.7. The lowest BCUT2D eigenvalue weighted by atomic mass is 9.33. The van der Waals surface area contributed by atoms with Crippen LogP contribution in [0.15, 0.2) is 127 Å². The van der Waals surface area contributed by atoms with E-state index < -0.39 is 0 Å². The summed E-state index contributed by atoms with van der Waals surface area (Å²) in [5.41, 5.74) is 23.0. The van der Waals surface area contributed by atoms with E-state index in [9.17, 15) is 0 Å². The molecule has 7 aromatic rings. The summed E-state index contributed by atoms with van der Waals surface area (Å²) in [5.74, 6) is 1.87. The molecule has 5 heteroatoms. The van der Waals surface area contributed by atoms with Gasteiger partial charge < -0.3 is 4.90 Å². The fourth-order valence-corrected chi connectivity index (χ4v) is 14.3. The number of rotatable bonds is 5. The zero-order valence-electron chi connectivity index (χ0n) is 49.9. The number of nitrogens with zero attached hydrogens (tertiary/aromatic N) is 4. The Kier molecular flexibility index (Phi) is 11.4. The van der Waals surface area contributed by atoms with E-state index in [1.54, 1.807) is 0 Å². The highest BCUT2D eigenvalue weighted by atomic mass is 15.3. The van der Waals surface area contributed by atoms with Crippen LogP contribution in [-0.2, 0) is 43.3 Å². The van der Waals surface area contributed by atoms with Crippen molar-refractivity contribution in [3.8, 4) is 0 Å². The van der Waals surface area contributed by atoms with E-state index in [1.165, 1.54) is 72.3 Å². The van der Waals surface area contributed by atoms with E-state index in [1.807, 2.05) is 0 Å². The Morgan fingerprint density at radius 3 is 1.17 bits per heavy atom. The molecule has 3 heterocycles. The van der Waals surface area contributed by atoms with Crippen LogP contribution in [0.1, 0.15) is 196 Å². The average molecular weight is 1010 g/mol. The summed E-state index contributed by atoms with van der Waals surface area (Å²) >= 11 is 0. The minimum absolute atomic E-state index is 0.000332. The van der Waals surface area contributed by atoms with Crippen LogP contribution in [0.4, 0.5) is 51.4 Å². The molecule has 0 saturated heterocycles. The van der Waals surface area contributed by atoms with Crippen LogP contribution in [0.2, 0.25) is 0 Å². The molecule has 392 valence electrons. The second-order valence-corrected chi connectivity index (χ2v) is 30.2. The normalized spacial score (nSPS) is 17.7. The number of hydrogen-bond donors (Lipinski definition) is 0. The molecule has 2 aliphatic carbocycles. The maximum atomic E-state index is 6.22. The maximum Gasteiger partial charge on any atom is 0.254 e. The van der Waals surface area contributed by atoms with Crippen molar-refractivity contribution in [1.29, 1.82) is 0 Å². The first kappa shape index (κ1) is 52.0. The van der Waals surface area contributed by atoms with Gasteiger partial charge in [0.2, 0.25) is 0 Å². The molecule has 11 rings (SSSR count). The summed E-state index contributed by atoms with van der Waals surface area (Å²) in [6, 6.07) is 50.5. The molecule has 0 unspecified atom stereocenters. The van der Waals surface area contributed by atoms with Crippen molar-refractivity contribution in [3.63, 3.8) is 0 Å². The van der Waals surface area contributed by atoms with Crippen LogP contribution in [0.5, 0.6) is 0 Å². The zero-order valence-corrected chi connectivity index (χ0v) is 49.9. The highest BCUT2D eigenvalue weighted by Crippen LogP contribution is 2.55. The lowest BCUT2D eigenvalue weighted by Gasteiger charge is -2.45. The molecule has 0 radical (unpaired) electrons. The third-order valence-corrected chi connectivity index (χ3v) is 18.1. The largest absolute Gasteiger partial charge is 0.311 e. The number of hydrogen-bond acceptors (Lipinski definition) is 4. The Labute approximate surface area is 458 Å². The average Bonchev–Trinajstić information content (AvgIpc) is 3.68. The predicted molar refractivity (Wildman–Crippen MR) is 329 cm³/mol. The Hall–Kier alpha value is -6.07. The van der Waals surface area contributed by atoms with Crippen LogP contribution < -0.4 is 31.1 Å². The van der Waals surface area contributed by atoms with Crippen molar-refractivity contribution in [2.24, 2.45) is 0 Å². The molecule has 0 amide bonds. The van der Waals surface area contributed by atoms with Gasteiger partial charge in [-0.15, -0.1) is 0 Å². The SMILES string of the molecule is CC(C)(C)c1ccc(N2c3ccc(C(C)(C)C)cc3B3c4cc(C(C)(C)C)ccc4N(c4ccc(C(C)(C)C)cc4)c4nc(N(c5ccc6c(c5)C(C)(C)CC6(C)C)c5ccc6c(c5)C(C)(C)CC6(C)C)cc2c43)cc1. The molecule has 2 aliphatic heterocycles. The summed E-state index contributed by atoms with van der Waals surface area (Å²) in [6.07, 6.45) is 2.20. The summed E-state index contributed by atoms with van der Waals surface area (Å²) in [5, 5.41) is 0. The second kappa shape index (κ2) is 16.7. The summed E-state index contributed by atoms with van der Waals surface area (Å²) in [4.78, 5) is 13.8. The molecule has 4 aliphatic rings. The zero-order chi connectivity index (χ0) is 54.8. The quantitative estimate of drug-likeness (QED) is 0.160. The van der Waals surface area contributed by atoms with Gasteiger partial charge in [-0.2, -0.15) is 0 Å². The first-order chi connectivity index (χ1) is 35.2. The Morgan fingerprint density at radius 2 is 0.763 bits per heavy atom. The molecule has 0 spiro atoms. The molecular weight excluding hydrogens is 920 g/mol. The molecule has 0 saturated carbocycles. The van der Waals surface area contributed by atoms with Crippen molar-refractivity contribution in [2.45, 2.75) is 195 Å². The van der Waals surface area contributed by atoms with E-state index in [4.69, 9.17) is 4.98 Å². The van der Waals surface area contributed by atoms with Gasteiger partial charge in [-0.3, -0.25) is 9.80 Å². The van der Waals surface area contributed by atoms with Crippen molar-refractivity contribution < 1.29 is 0 Å². The fraction of sp³-hybridized carbons (Fsp3) is 0.423. The van der Waals surface area contributed by atoms with Gasteiger partial charge in [0.25, 0.3) is 6.71 Å². The molecule has 6 aromatic carbocycles. The topological polar surface area (TPSA) is 22.6 Å². The van der Waals surface area contributed by atoms with Crippen molar-refractivity contribution in [3.05, 3.63) is 172 Å². The van der Waals surface area contributed by atoms with Gasteiger partial charge in [0.1, 0.15) is 11.6 Å². The number of pyridine rings is 1. The van der Waals surface area contributed by atoms with Crippen LogP contribution in [0.3, 0.4) is 0 Å². The summed E-state index contributed by atoms with van der Waals surface area (Å²) in [7, 11) is 0. The maximum absolute atomic E-state index is 6.22. The minimum atomic E-state index is -0.0872. The Morgan fingerprint density at radius 1 is 0.395 bits per heavy atom. The highest BCUT2D eigenvalue weighted by Gasteiger charge is 2.48. The molecule has 76 heavy (non-hydrogen) atoms. The third kappa shape index (κ3) is 8.44. The van der Waals surface area contributed by atoms with E-state index in [0.717, 1.165) is 52.9 Å². The number of anilines is 9. The first-order valence-corrected chi connectivity index (χ1v) is 28.4. The molecule has 0 bridgehead atoms. The standard InChI is InChI=1S/C71H85BN4/c1-64(2,3)44-21-27-48(28-22-44)75-58-35-25-46(66(7,8)9)37-56(58)72-57-38-47(67(10,11)12)26-36-59(57)76(49-29-23-45(24-30-49)65(4,5)6)63-62(72)60(75)41-61(73-63)74(50-31-33-52-54(39-50)70(17,18)42-68(52,13)14)51-32-34-53-55(40-51)71(19,20)43-69(53,15)16/h21-41H,42-43H2,1-20H3. The molecular formula is C71H85BN4. The Bertz CT molecular complexity index is 3240.